The molecule has 1 aromatic heterocycles. The summed E-state index contributed by atoms with van der Waals surface area (Å²) in [6, 6.07) is 11.2. The Bertz CT molecular complexity index is 585. The van der Waals surface area contributed by atoms with Crippen LogP contribution >= 0.6 is 0 Å². The number of hydrogen-bond donors (Lipinski definition) is 1. The molecule has 1 unspecified atom stereocenters. The molecule has 21 heavy (non-hydrogen) atoms. The lowest BCUT2D eigenvalue weighted by molar-refractivity contribution is 0.541. The highest BCUT2D eigenvalue weighted by atomic mass is 19.1. The first-order valence-corrected chi connectivity index (χ1v) is 7.37. The SMILES string of the molecule is CCNC(c1ccc(C(C)(C)C)cc1)c1ncccc1F. The zero-order valence-corrected chi connectivity index (χ0v) is 13.2. The summed E-state index contributed by atoms with van der Waals surface area (Å²) >= 11 is 0. The average molecular weight is 286 g/mol. The fraction of sp³-hybridized carbons (Fsp3) is 0.389. The number of rotatable bonds is 4. The van der Waals surface area contributed by atoms with Crippen molar-refractivity contribution in [3.05, 3.63) is 65.2 Å². The molecule has 0 bridgehead atoms. The van der Waals surface area contributed by atoms with Gasteiger partial charge < -0.3 is 5.32 Å². The molecule has 2 nitrogen and oxygen atoms in total. The monoisotopic (exact) mass is 286 g/mol. The molecule has 0 aliphatic carbocycles. The lowest BCUT2D eigenvalue weighted by Crippen LogP contribution is -2.24. The van der Waals surface area contributed by atoms with Gasteiger partial charge in [-0.05, 0) is 35.2 Å². The zero-order valence-electron chi connectivity index (χ0n) is 13.2. The second-order valence-electron chi connectivity index (χ2n) is 6.23. The second kappa shape index (κ2) is 6.35. The molecule has 0 fully saturated rings. The molecule has 2 aromatic rings. The Balaban J connectivity index is 2.37. The fourth-order valence-corrected chi connectivity index (χ4v) is 2.36. The Kier molecular flexibility index (Phi) is 4.73. The minimum atomic E-state index is -0.275. The van der Waals surface area contributed by atoms with E-state index in [2.05, 4.69) is 55.3 Å². The van der Waals surface area contributed by atoms with Gasteiger partial charge in [-0.15, -0.1) is 0 Å². The number of pyridine rings is 1. The number of hydrogen-bond acceptors (Lipinski definition) is 2. The largest absolute Gasteiger partial charge is 0.305 e. The predicted molar refractivity (Wildman–Crippen MR) is 84.9 cm³/mol. The summed E-state index contributed by atoms with van der Waals surface area (Å²) in [5, 5.41) is 3.31. The van der Waals surface area contributed by atoms with E-state index < -0.39 is 0 Å². The topological polar surface area (TPSA) is 24.9 Å². The number of nitrogens with zero attached hydrogens (tertiary/aromatic N) is 1. The standard InChI is InChI=1S/C18H23FN2/c1-5-20-16(17-15(19)7-6-12-21-17)13-8-10-14(11-9-13)18(2,3)4/h6-12,16,20H,5H2,1-4H3. The van der Waals surface area contributed by atoms with Gasteiger partial charge in [0.25, 0.3) is 0 Å². The molecule has 0 radical (unpaired) electrons. The second-order valence-corrected chi connectivity index (χ2v) is 6.23. The Morgan fingerprint density at radius 1 is 1.14 bits per heavy atom. The predicted octanol–water partition coefficient (Wildman–Crippen LogP) is 4.22. The van der Waals surface area contributed by atoms with Gasteiger partial charge in [-0.1, -0.05) is 52.0 Å². The molecule has 0 saturated carbocycles. The summed E-state index contributed by atoms with van der Waals surface area (Å²) < 4.78 is 14.0. The molecule has 1 aromatic carbocycles. The van der Waals surface area contributed by atoms with Crippen LogP contribution in [0.5, 0.6) is 0 Å². The summed E-state index contributed by atoms with van der Waals surface area (Å²) in [6.45, 7) is 9.31. The number of aromatic nitrogens is 1. The van der Waals surface area contributed by atoms with Crippen molar-refractivity contribution in [2.24, 2.45) is 0 Å². The molecule has 0 spiro atoms. The summed E-state index contributed by atoms with van der Waals surface area (Å²) in [6.07, 6.45) is 1.63. The zero-order chi connectivity index (χ0) is 15.5. The van der Waals surface area contributed by atoms with Crippen molar-refractivity contribution in [2.45, 2.75) is 39.2 Å². The van der Waals surface area contributed by atoms with Crippen LogP contribution in [0.3, 0.4) is 0 Å². The lowest BCUT2D eigenvalue weighted by Gasteiger charge is -2.22. The van der Waals surface area contributed by atoms with Crippen LogP contribution in [0.25, 0.3) is 0 Å². The van der Waals surface area contributed by atoms with Crippen LogP contribution in [0.1, 0.15) is 50.6 Å². The number of nitrogens with one attached hydrogen (secondary N) is 1. The number of benzene rings is 1. The van der Waals surface area contributed by atoms with Crippen molar-refractivity contribution < 1.29 is 4.39 Å². The van der Waals surface area contributed by atoms with Crippen LogP contribution in [-0.2, 0) is 5.41 Å². The molecule has 3 heteroatoms. The molecule has 2 rings (SSSR count). The highest BCUT2D eigenvalue weighted by Crippen LogP contribution is 2.27. The summed E-state index contributed by atoms with van der Waals surface area (Å²) in [5.74, 6) is -0.275. The third-order valence-corrected chi connectivity index (χ3v) is 3.58. The minimum absolute atomic E-state index is 0.114. The molecule has 0 saturated heterocycles. The van der Waals surface area contributed by atoms with Crippen molar-refractivity contribution in [3.63, 3.8) is 0 Å². The van der Waals surface area contributed by atoms with E-state index in [9.17, 15) is 4.39 Å². The van der Waals surface area contributed by atoms with E-state index in [1.165, 1.54) is 11.6 Å². The minimum Gasteiger partial charge on any atom is -0.305 e. The highest BCUT2D eigenvalue weighted by Gasteiger charge is 2.19. The lowest BCUT2D eigenvalue weighted by atomic mass is 9.86. The van der Waals surface area contributed by atoms with Gasteiger partial charge in [0.15, 0.2) is 0 Å². The van der Waals surface area contributed by atoms with Gasteiger partial charge in [0, 0.05) is 6.20 Å². The smallest absolute Gasteiger partial charge is 0.146 e. The van der Waals surface area contributed by atoms with Crippen LogP contribution in [0.2, 0.25) is 0 Å². The highest BCUT2D eigenvalue weighted by molar-refractivity contribution is 5.33. The van der Waals surface area contributed by atoms with E-state index in [0.717, 1.165) is 12.1 Å². The van der Waals surface area contributed by atoms with Crippen molar-refractivity contribution in [2.75, 3.05) is 6.54 Å². The van der Waals surface area contributed by atoms with Crippen LogP contribution in [0.15, 0.2) is 42.6 Å². The van der Waals surface area contributed by atoms with Gasteiger partial charge in [-0.3, -0.25) is 4.98 Å². The maximum absolute atomic E-state index is 14.0. The molecule has 1 atom stereocenters. The molecule has 1 heterocycles. The maximum Gasteiger partial charge on any atom is 0.146 e. The summed E-state index contributed by atoms with van der Waals surface area (Å²) in [7, 11) is 0. The molecule has 0 aliphatic heterocycles. The van der Waals surface area contributed by atoms with Gasteiger partial charge in [0.05, 0.1) is 11.7 Å². The van der Waals surface area contributed by atoms with Gasteiger partial charge in [0.1, 0.15) is 5.82 Å². The van der Waals surface area contributed by atoms with Crippen LogP contribution in [0, 0.1) is 5.82 Å². The van der Waals surface area contributed by atoms with E-state index in [1.54, 1.807) is 12.3 Å². The summed E-state index contributed by atoms with van der Waals surface area (Å²) in [5.41, 5.74) is 2.86. The van der Waals surface area contributed by atoms with Gasteiger partial charge >= 0.3 is 0 Å². The van der Waals surface area contributed by atoms with E-state index in [0.29, 0.717) is 5.69 Å². The molecule has 0 amide bonds. The van der Waals surface area contributed by atoms with E-state index in [1.807, 2.05) is 6.92 Å². The van der Waals surface area contributed by atoms with Crippen molar-refractivity contribution in [1.82, 2.24) is 10.3 Å². The van der Waals surface area contributed by atoms with Crippen molar-refractivity contribution in [1.29, 1.82) is 0 Å². The normalized spacial score (nSPS) is 13.2. The van der Waals surface area contributed by atoms with E-state index in [4.69, 9.17) is 0 Å². The van der Waals surface area contributed by atoms with Crippen molar-refractivity contribution >= 4 is 0 Å². The van der Waals surface area contributed by atoms with E-state index in [-0.39, 0.29) is 17.3 Å². The quantitative estimate of drug-likeness (QED) is 0.910. The molecular formula is C18H23FN2. The van der Waals surface area contributed by atoms with Crippen LogP contribution in [0.4, 0.5) is 4.39 Å². The van der Waals surface area contributed by atoms with Gasteiger partial charge in [0.2, 0.25) is 0 Å². The molecular weight excluding hydrogens is 263 g/mol. The maximum atomic E-state index is 14.0. The van der Waals surface area contributed by atoms with Crippen molar-refractivity contribution in [3.8, 4) is 0 Å². The third-order valence-electron chi connectivity index (χ3n) is 3.58. The molecule has 0 aliphatic rings. The first kappa shape index (κ1) is 15.6. The Labute approximate surface area is 126 Å². The Morgan fingerprint density at radius 2 is 1.81 bits per heavy atom. The van der Waals surface area contributed by atoms with Crippen LogP contribution in [-0.4, -0.2) is 11.5 Å². The third kappa shape index (κ3) is 3.67. The fourth-order valence-electron chi connectivity index (χ4n) is 2.36. The van der Waals surface area contributed by atoms with E-state index >= 15 is 0 Å². The number of halogens is 1. The average Bonchev–Trinajstić information content (AvgIpc) is 2.45. The first-order valence-electron chi connectivity index (χ1n) is 7.37. The summed E-state index contributed by atoms with van der Waals surface area (Å²) in [4.78, 5) is 4.21. The Hall–Kier alpha value is -1.74. The Morgan fingerprint density at radius 3 is 2.33 bits per heavy atom. The van der Waals surface area contributed by atoms with Crippen LogP contribution < -0.4 is 5.32 Å². The molecule has 112 valence electrons. The van der Waals surface area contributed by atoms with Gasteiger partial charge in [-0.2, -0.15) is 0 Å². The van der Waals surface area contributed by atoms with Gasteiger partial charge in [-0.25, -0.2) is 4.39 Å². The first-order chi connectivity index (χ1) is 9.93. The molecule has 1 N–H and O–H groups in total.